The third kappa shape index (κ3) is 8.18. The van der Waals surface area contributed by atoms with Crippen molar-refractivity contribution in [2.45, 2.75) is 45.6 Å². The number of hydrogen-bond donors (Lipinski definition) is 4. The van der Waals surface area contributed by atoms with Gasteiger partial charge < -0.3 is 25.5 Å². The van der Waals surface area contributed by atoms with Crippen LogP contribution in [-0.2, 0) is 4.79 Å². The third-order valence-electron chi connectivity index (χ3n) is 6.77. The second kappa shape index (κ2) is 14.5. The number of piperazine rings is 1. The number of rotatable bonds is 13. The number of aldehydes is 1. The lowest BCUT2D eigenvalue weighted by Crippen LogP contribution is -2.47. The Morgan fingerprint density at radius 1 is 1.18 bits per heavy atom. The van der Waals surface area contributed by atoms with E-state index in [2.05, 4.69) is 35.4 Å². The van der Waals surface area contributed by atoms with Crippen LogP contribution in [0.1, 0.15) is 46.7 Å². The zero-order chi connectivity index (χ0) is 28.5. The van der Waals surface area contributed by atoms with Crippen LogP contribution in [-0.4, -0.2) is 76.0 Å². The summed E-state index contributed by atoms with van der Waals surface area (Å²) in [5, 5.41) is 16.0. The number of amides is 1. The van der Waals surface area contributed by atoms with E-state index in [9.17, 15) is 9.59 Å². The van der Waals surface area contributed by atoms with Crippen molar-refractivity contribution < 1.29 is 14.8 Å². The molecule has 1 aromatic carbocycles. The summed E-state index contributed by atoms with van der Waals surface area (Å²) in [4.78, 5) is 42.2. The van der Waals surface area contributed by atoms with Crippen LogP contribution in [0, 0.1) is 13.8 Å². The van der Waals surface area contributed by atoms with Crippen molar-refractivity contribution in [2.75, 3.05) is 48.3 Å². The number of anilines is 4. The molecule has 1 atom stereocenters. The highest BCUT2D eigenvalue weighted by molar-refractivity contribution is 7.17. The van der Waals surface area contributed by atoms with Crippen LogP contribution in [0.5, 0.6) is 0 Å². The van der Waals surface area contributed by atoms with E-state index in [0.29, 0.717) is 38.8 Å². The molecule has 1 aliphatic heterocycles. The van der Waals surface area contributed by atoms with Crippen molar-refractivity contribution in [1.29, 1.82) is 0 Å². The number of aryl methyl sites for hydroxylation is 2. The average molecular weight is 587 g/mol. The van der Waals surface area contributed by atoms with Gasteiger partial charge in [0.05, 0.1) is 22.9 Å². The number of carbonyl (C=O) groups is 2. The van der Waals surface area contributed by atoms with Crippen molar-refractivity contribution in [2.24, 2.45) is 0 Å². The number of halogens is 1. The minimum atomic E-state index is -0.472. The van der Waals surface area contributed by atoms with Crippen LogP contribution in [0.15, 0.2) is 30.5 Å². The smallest absolute Gasteiger partial charge is 0.267 e. The first kappa shape index (κ1) is 29.8. The average Bonchev–Trinajstić information content (AvgIpc) is 3.41. The standard InChI is InChI=1S/C27H35ClN8O3S/c1-18-7-6-9-21(28)25(18)33-26(38)22-16-29-27(40-22)32-23-15-24(31-19(2)30-23)36-13-11-35(12-14-36)10-5-3-4-8-20(17-37)34-39/h6-7,9,15-17,20,34,39H,3-5,8,10-14H2,1-2H3,(H,33,38)(H,29,30,31,32). The Bertz CT molecular complexity index is 1280. The summed E-state index contributed by atoms with van der Waals surface area (Å²) in [5.41, 5.74) is 3.51. The molecule has 4 N–H and O–H groups in total. The number of thiazole rings is 1. The quantitative estimate of drug-likeness (QED) is 0.129. The van der Waals surface area contributed by atoms with Gasteiger partial charge in [0.15, 0.2) is 5.13 Å². The largest absolute Gasteiger partial charge is 0.354 e. The maximum absolute atomic E-state index is 12.8. The van der Waals surface area contributed by atoms with E-state index < -0.39 is 6.04 Å². The highest BCUT2D eigenvalue weighted by Crippen LogP contribution is 2.28. The van der Waals surface area contributed by atoms with E-state index >= 15 is 0 Å². The Hall–Kier alpha value is -3.16. The molecule has 4 rings (SSSR count). The molecular formula is C27H35ClN8O3S. The summed E-state index contributed by atoms with van der Waals surface area (Å²) in [6, 6.07) is 6.91. The number of para-hydroxylation sites is 1. The van der Waals surface area contributed by atoms with E-state index in [-0.39, 0.29) is 5.91 Å². The zero-order valence-electron chi connectivity index (χ0n) is 22.7. The minimum absolute atomic E-state index is 0.272. The fraction of sp³-hybridized carbons (Fsp3) is 0.444. The monoisotopic (exact) mass is 586 g/mol. The molecule has 3 heterocycles. The number of aromatic nitrogens is 3. The van der Waals surface area contributed by atoms with Crippen molar-refractivity contribution in [3.63, 3.8) is 0 Å². The molecular weight excluding hydrogens is 552 g/mol. The zero-order valence-corrected chi connectivity index (χ0v) is 24.3. The van der Waals surface area contributed by atoms with Gasteiger partial charge in [-0.15, -0.1) is 0 Å². The van der Waals surface area contributed by atoms with Crippen molar-refractivity contribution in [1.82, 2.24) is 25.3 Å². The summed E-state index contributed by atoms with van der Waals surface area (Å²) >= 11 is 7.49. The number of carbonyl (C=O) groups excluding carboxylic acids is 2. The first-order valence-corrected chi connectivity index (χ1v) is 14.5. The van der Waals surface area contributed by atoms with Crippen LogP contribution in [0.3, 0.4) is 0 Å². The van der Waals surface area contributed by atoms with E-state index in [0.717, 1.165) is 69.7 Å². The molecule has 0 spiro atoms. The SMILES string of the molecule is Cc1nc(Nc2ncc(C(=O)Nc3c(C)cccc3Cl)s2)cc(N2CCN(CCCCCC(C=O)NO)CC2)n1. The van der Waals surface area contributed by atoms with E-state index in [4.69, 9.17) is 16.8 Å². The molecule has 13 heteroatoms. The number of unbranched alkanes of at least 4 members (excludes halogenated alkanes) is 2. The lowest BCUT2D eigenvalue weighted by molar-refractivity contribution is -0.112. The van der Waals surface area contributed by atoms with Gasteiger partial charge in [-0.2, -0.15) is 5.48 Å². The molecule has 0 aliphatic carbocycles. The predicted molar refractivity (Wildman–Crippen MR) is 158 cm³/mol. The van der Waals surface area contributed by atoms with Crippen LogP contribution < -0.4 is 21.0 Å². The molecule has 214 valence electrons. The first-order valence-electron chi connectivity index (χ1n) is 13.3. The molecule has 11 nitrogen and oxygen atoms in total. The van der Waals surface area contributed by atoms with E-state index in [1.54, 1.807) is 6.07 Å². The second-order valence-corrected chi connectivity index (χ2v) is 11.2. The fourth-order valence-electron chi connectivity index (χ4n) is 4.53. The number of benzene rings is 1. The predicted octanol–water partition coefficient (Wildman–Crippen LogP) is 4.43. The molecule has 1 unspecified atom stereocenters. The summed E-state index contributed by atoms with van der Waals surface area (Å²) in [5.74, 6) is 1.86. The van der Waals surface area contributed by atoms with Gasteiger partial charge in [-0.25, -0.2) is 15.0 Å². The van der Waals surface area contributed by atoms with Crippen LogP contribution in [0.2, 0.25) is 5.02 Å². The summed E-state index contributed by atoms with van der Waals surface area (Å²) in [7, 11) is 0. The third-order valence-corrected chi connectivity index (χ3v) is 7.99. The molecule has 1 fully saturated rings. The van der Waals surface area contributed by atoms with E-state index in [1.807, 2.05) is 37.5 Å². The normalized spacial score (nSPS) is 14.7. The molecule has 1 amide bonds. The molecule has 0 radical (unpaired) electrons. The number of nitrogens with one attached hydrogen (secondary N) is 3. The molecule has 1 aliphatic rings. The maximum atomic E-state index is 12.8. The Morgan fingerprint density at radius 3 is 2.70 bits per heavy atom. The summed E-state index contributed by atoms with van der Waals surface area (Å²) in [6.07, 6.45) is 5.91. The number of hydrogen-bond acceptors (Lipinski definition) is 11. The van der Waals surface area contributed by atoms with Gasteiger partial charge >= 0.3 is 0 Å². The molecule has 0 bridgehead atoms. The van der Waals surface area contributed by atoms with Gasteiger partial charge in [0.2, 0.25) is 0 Å². The summed E-state index contributed by atoms with van der Waals surface area (Å²) in [6.45, 7) is 8.37. The highest BCUT2D eigenvalue weighted by Gasteiger charge is 2.20. The number of hydroxylamine groups is 1. The van der Waals surface area contributed by atoms with Gasteiger partial charge in [-0.1, -0.05) is 47.9 Å². The van der Waals surface area contributed by atoms with Crippen molar-refractivity contribution in [3.8, 4) is 0 Å². The molecule has 3 aromatic rings. The van der Waals surface area contributed by atoms with Gasteiger partial charge in [-0.05, 0) is 44.9 Å². The Kier molecular flexibility index (Phi) is 10.8. The topological polar surface area (TPSA) is 136 Å². The van der Waals surface area contributed by atoms with Crippen molar-refractivity contribution >= 4 is 57.6 Å². The summed E-state index contributed by atoms with van der Waals surface area (Å²) < 4.78 is 0. The Balaban J connectivity index is 1.28. The van der Waals surface area contributed by atoms with Gasteiger partial charge in [0.25, 0.3) is 5.91 Å². The van der Waals surface area contributed by atoms with E-state index in [1.165, 1.54) is 17.5 Å². The van der Waals surface area contributed by atoms with Crippen LogP contribution in [0.4, 0.5) is 22.5 Å². The Morgan fingerprint density at radius 2 is 1.98 bits per heavy atom. The minimum Gasteiger partial charge on any atom is -0.354 e. The lowest BCUT2D eigenvalue weighted by atomic mass is 10.1. The fourth-order valence-corrected chi connectivity index (χ4v) is 5.52. The molecule has 1 saturated heterocycles. The van der Waals surface area contributed by atoms with Gasteiger partial charge in [0.1, 0.15) is 28.6 Å². The van der Waals surface area contributed by atoms with Gasteiger partial charge in [-0.3, -0.25) is 9.69 Å². The molecule has 2 aromatic heterocycles. The van der Waals surface area contributed by atoms with Crippen LogP contribution >= 0.6 is 22.9 Å². The Labute approximate surface area is 242 Å². The van der Waals surface area contributed by atoms with Crippen LogP contribution in [0.25, 0.3) is 0 Å². The molecule has 40 heavy (non-hydrogen) atoms. The lowest BCUT2D eigenvalue weighted by Gasteiger charge is -2.35. The molecule has 0 saturated carbocycles. The van der Waals surface area contributed by atoms with Crippen molar-refractivity contribution in [3.05, 3.63) is 51.7 Å². The second-order valence-electron chi connectivity index (χ2n) is 9.75. The number of nitrogens with zero attached hydrogens (tertiary/aromatic N) is 5. The first-order chi connectivity index (χ1) is 19.4. The highest BCUT2D eigenvalue weighted by atomic mass is 35.5. The van der Waals surface area contributed by atoms with Gasteiger partial charge in [0, 0.05) is 32.2 Å². The maximum Gasteiger partial charge on any atom is 0.267 e.